The van der Waals surface area contributed by atoms with Crippen LogP contribution in [0.3, 0.4) is 0 Å². The van der Waals surface area contributed by atoms with Crippen LogP contribution in [-0.4, -0.2) is 29.6 Å². The lowest BCUT2D eigenvalue weighted by Gasteiger charge is -2.24. The predicted octanol–water partition coefficient (Wildman–Crippen LogP) is 2.78. The molecule has 0 aliphatic rings. The number of carbonyl (C=O) groups excluding carboxylic acids is 1. The van der Waals surface area contributed by atoms with Crippen molar-refractivity contribution in [2.75, 3.05) is 13.7 Å². The lowest BCUT2D eigenvalue weighted by atomic mass is 10.1. The summed E-state index contributed by atoms with van der Waals surface area (Å²) >= 11 is 0. The van der Waals surface area contributed by atoms with Gasteiger partial charge >= 0.3 is 0 Å². The molecule has 4 nitrogen and oxygen atoms in total. The maximum Gasteiger partial charge on any atom is 0.298 e. The summed E-state index contributed by atoms with van der Waals surface area (Å²) in [5, 5.41) is 10.5. The van der Waals surface area contributed by atoms with Gasteiger partial charge in [-0.1, -0.05) is 48.4 Å². The van der Waals surface area contributed by atoms with Gasteiger partial charge in [0.05, 0.1) is 19.8 Å². The van der Waals surface area contributed by atoms with E-state index in [-0.39, 0.29) is 12.5 Å². The van der Waals surface area contributed by atoms with Gasteiger partial charge in [-0.05, 0) is 36.1 Å². The third-order valence-corrected chi connectivity index (χ3v) is 3.61. The van der Waals surface area contributed by atoms with E-state index in [4.69, 9.17) is 4.74 Å². The highest BCUT2D eigenvalue weighted by Gasteiger charge is 2.18. The van der Waals surface area contributed by atoms with Crippen molar-refractivity contribution in [2.24, 2.45) is 0 Å². The molecule has 2 aromatic carbocycles. The van der Waals surface area contributed by atoms with E-state index < -0.39 is 6.10 Å². The number of nitrogens with zero attached hydrogens (tertiary/aromatic N) is 1. The molecule has 1 unspecified atom stereocenters. The van der Waals surface area contributed by atoms with Gasteiger partial charge in [0.1, 0.15) is 5.75 Å². The molecule has 0 bridgehead atoms. The number of benzene rings is 2. The molecule has 2 aromatic rings. The highest BCUT2D eigenvalue weighted by atomic mass is 16.5. The lowest BCUT2D eigenvalue weighted by Crippen LogP contribution is -2.33. The predicted molar refractivity (Wildman–Crippen MR) is 93.3 cm³/mol. The number of aliphatic hydroxyl groups excluding tert-OH is 1. The number of rotatable bonds is 6. The van der Waals surface area contributed by atoms with Crippen molar-refractivity contribution in [3.63, 3.8) is 0 Å². The van der Waals surface area contributed by atoms with Crippen molar-refractivity contribution >= 4 is 5.91 Å². The Kier molecular flexibility index (Phi) is 6.41. The normalized spacial score (nSPS) is 11.1. The molecule has 0 aliphatic heterocycles. The van der Waals surface area contributed by atoms with Crippen LogP contribution in [0, 0.1) is 11.8 Å². The first-order valence-electron chi connectivity index (χ1n) is 7.71. The summed E-state index contributed by atoms with van der Waals surface area (Å²) in [5.41, 5.74) is 1.69. The minimum Gasteiger partial charge on any atom is -0.497 e. The van der Waals surface area contributed by atoms with Gasteiger partial charge in [-0.2, -0.15) is 0 Å². The molecule has 0 heterocycles. The Bertz CT molecular complexity index is 731. The van der Waals surface area contributed by atoms with E-state index in [0.29, 0.717) is 17.9 Å². The Morgan fingerprint density at radius 3 is 2.62 bits per heavy atom. The third kappa shape index (κ3) is 4.87. The molecular formula is C20H21NO3. The fourth-order valence-corrected chi connectivity index (χ4v) is 2.37. The average Bonchev–Trinajstić information content (AvgIpc) is 2.62. The maximum atomic E-state index is 12.3. The standard InChI is InChI=1S/C20H21NO3/c1-3-8-20(23)21(14-16-9-5-4-6-10-16)15-19(22)17-11-7-12-18(13-17)24-2/h4-7,9-13,19,22H,14-15H2,1-2H3. The Morgan fingerprint density at radius 1 is 1.21 bits per heavy atom. The van der Waals surface area contributed by atoms with E-state index in [0.717, 1.165) is 5.56 Å². The van der Waals surface area contributed by atoms with Crippen LogP contribution >= 0.6 is 0 Å². The van der Waals surface area contributed by atoms with Crippen molar-refractivity contribution in [1.29, 1.82) is 0 Å². The van der Waals surface area contributed by atoms with Crippen LogP contribution in [-0.2, 0) is 11.3 Å². The van der Waals surface area contributed by atoms with E-state index >= 15 is 0 Å². The third-order valence-electron chi connectivity index (χ3n) is 3.61. The summed E-state index contributed by atoms with van der Waals surface area (Å²) in [6.07, 6.45) is -0.814. The van der Waals surface area contributed by atoms with E-state index in [2.05, 4.69) is 11.8 Å². The van der Waals surface area contributed by atoms with Gasteiger partial charge in [0.15, 0.2) is 0 Å². The maximum absolute atomic E-state index is 12.3. The van der Waals surface area contributed by atoms with Crippen molar-refractivity contribution in [3.05, 3.63) is 65.7 Å². The second-order valence-corrected chi connectivity index (χ2v) is 5.34. The van der Waals surface area contributed by atoms with Crippen LogP contribution in [0.25, 0.3) is 0 Å². The van der Waals surface area contributed by atoms with Crippen LogP contribution in [0.1, 0.15) is 24.2 Å². The molecule has 4 heteroatoms. The van der Waals surface area contributed by atoms with Gasteiger partial charge < -0.3 is 14.7 Å². The molecule has 124 valence electrons. The molecule has 0 radical (unpaired) electrons. The summed E-state index contributed by atoms with van der Waals surface area (Å²) in [5.74, 6) is 5.53. The van der Waals surface area contributed by atoms with Crippen molar-refractivity contribution in [2.45, 2.75) is 19.6 Å². The minimum atomic E-state index is -0.814. The molecule has 1 amide bonds. The lowest BCUT2D eigenvalue weighted by molar-refractivity contribution is -0.127. The van der Waals surface area contributed by atoms with Gasteiger partial charge in [0, 0.05) is 6.54 Å². The van der Waals surface area contributed by atoms with Crippen LogP contribution in [0.15, 0.2) is 54.6 Å². The molecule has 1 atom stereocenters. The molecule has 0 spiro atoms. The monoisotopic (exact) mass is 323 g/mol. The number of aliphatic hydroxyl groups is 1. The molecule has 0 saturated heterocycles. The first-order valence-corrected chi connectivity index (χ1v) is 7.71. The van der Waals surface area contributed by atoms with Gasteiger partial charge in [-0.25, -0.2) is 0 Å². The molecule has 0 aromatic heterocycles. The quantitative estimate of drug-likeness (QED) is 0.832. The summed E-state index contributed by atoms with van der Waals surface area (Å²) < 4.78 is 5.18. The first-order chi connectivity index (χ1) is 11.6. The summed E-state index contributed by atoms with van der Waals surface area (Å²) in [4.78, 5) is 13.8. The SMILES string of the molecule is CC#CC(=O)N(Cc1ccccc1)CC(O)c1cccc(OC)c1. The number of hydrogen-bond donors (Lipinski definition) is 1. The van der Waals surface area contributed by atoms with Crippen LogP contribution in [0.4, 0.5) is 0 Å². The Balaban J connectivity index is 2.16. The topological polar surface area (TPSA) is 49.8 Å². The Morgan fingerprint density at radius 2 is 1.96 bits per heavy atom. The molecular weight excluding hydrogens is 302 g/mol. The van der Waals surface area contributed by atoms with Gasteiger partial charge in [-0.3, -0.25) is 4.79 Å². The number of hydrogen-bond acceptors (Lipinski definition) is 3. The zero-order chi connectivity index (χ0) is 17.4. The summed E-state index contributed by atoms with van der Waals surface area (Å²) in [7, 11) is 1.58. The first kappa shape index (κ1) is 17.6. The van der Waals surface area contributed by atoms with Crippen LogP contribution in [0.2, 0.25) is 0 Å². The van der Waals surface area contributed by atoms with Gasteiger partial charge in [0.25, 0.3) is 5.91 Å². The van der Waals surface area contributed by atoms with Gasteiger partial charge in [-0.15, -0.1) is 0 Å². The van der Waals surface area contributed by atoms with Gasteiger partial charge in [0.2, 0.25) is 0 Å². The largest absolute Gasteiger partial charge is 0.497 e. The fourth-order valence-electron chi connectivity index (χ4n) is 2.37. The molecule has 1 N–H and O–H groups in total. The summed E-state index contributed by atoms with van der Waals surface area (Å²) in [6, 6.07) is 16.8. The van der Waals surface area contributed by atoms with Crippen LogP contribution < -0.4 is 4.74 Å². The molecule has 0 fully saturated rings. The molecule has 24 heavy (non-hydrogen) atoms. The number of amides is 1. The highest BCUT2D eigenvalue weighted by molar-refractivity contribution is 5.93. The Hall–Kier alpha value is -2.77. The molecule has 0 aliphatic carbocycles. The van der Waals surface area contributed by atoms with E-state index in [1.165, 1.54) is 0 Å². The van der Waals surface area contributed by atoms with E-state index in [1.807, 2.05) is 48.5 Å². The summed E-state index contributed by atoms with van der Waals surface area (Å²) in [6.45, 7) is 2.18. The van der Waals surface area contributed by atoms with Crippen molar-refractivity contribution in [1.82, 2.24) is 4.90 Å². The highest BCUT2D eigenvalue weighted by Crippen LogP contribution is 2.20. The fraction of sp³-hybridized carbons (Fsp3) is 0.250. The smallest absolute Gasteiger partial charge is 0.298 e. The van der Waals surface area contributed by atoms with E-state index in [9.17, 15) is 9.90 Å². The van der Waals surface area contributed by atoms with Crippen LogP contribution in [0.5, 0.6) is 5.75 Å². The molecule has 0 saturated carbocycles. The number of carbonyl (C=O) groups is 1. The Labute approximate surface area is 142 Å². The average molecular weight is 323 g/mol. The minimum absolute atomic E-state index is 0.162. The van der Waals surface area contributed by atoms with E-state index in [1.54, 1.807) is 25.0 Å². The second-order valence-electron chi connectivity index (χ2n) is 5.34. The van der Waals surface area contributed by atoms with Crippen molar-refractivity contribution < 1.29 is 14.6 Å². The number of ether oxygens (including phenoxy) is 1. The zero-order valence-corrected chi connectivity index (χ0v) is 13.9. The van der Waals surface area contributed by atoms with Crippen molar-refractivity contribution in [3.8, 4) is 17.6 Å². The second kappa shape index (κ2) is 8.76. The molecule has 2 rings (SSSR count). The number of methoxy groups -OCH3 is 1. The zero-order valence-electron chi connectivity index (χ0n) is 13.9.